The molecule has 1 atom stereocenters. The molecule has 1 heterocycles. The van der Waals surface area contributed by atoms with Crippen LogP contribution >= 0.6 is 0 Å². The van der Waals surface area contributed by atoms with Gasteiger partial charge in [0.15, 0.2) is 0 Å². The van der Waals surface area contributed by atoms with Crippen LogP contribution in [0.4, 0.5) is 4.39 Å². The Labute approximate surface area is 149 Å². The first-order chi connectivity index (χ1) is 11.5. The molecular formula is C21H23FOSe. The molecule has 0 bridgehead atoms. The van der Waals surface area contributed by atoms with E-state index in [1.54, 1.807) is 12.1 Å². The summed E-state index contributed by atoms with van der Waals surface area (Å²) in [5.74, 6) is -0.224. The van der Waals surface area contributed by atoms with Gasteiger partial charge in [-0.3, -0.25) is 0 Å². The Morgan fingerprint density at radius 3 is 2.25 bits per heavy atom. The van der Waals surface area contributed by atoms with Crippen LogP contribution in [-0.4, -0.2) is 19.6 Å². The van der Waals surface area contributed by atoms with E-state index in [0.29, 0.717) is 0 Å². The minimum atomic E-state index is -0.561. The molecule has 0 aliphatic rings. The molecule has 1 unspecified atom stereocenters. The van der Waals surface area contributed by atoms with E-state index in [1.807, 2.05) is 52.0 Å². The topological polar surface area (TPSA) is 20.2 Å². The van der Waals surface area contributed by atoms with Gasteiger partial charge >= 0.3 is 135 Å². The molecule has 0 fully saturated rings. The molecule has 1 N–H and O–H groups in total. The Morgan fingerprint density at radius 2 is 1.58 bits per heavy atom. The molecule has 0 aliphatic heterocycles. The zero-order chi connectivity index (χ0) is 17.7. The second-order valence-electron chi connectivity index (χ2n) is 5.47. The van der Waals surface area contributed by atoms with Crippen LogP contribution in [0.1, 0.15) is 41.1 Å². The fourth-order valence-corrected chi connectivity index (χ4v) is 4.61. The SMILES string of the molecule is CC.Cc1ccc(C)c(C(O)c2ccc(-c3ccc(F)cc3)[se]2)c1. The maximum absolute atomic E-state index is 13.0. The van der Waals surface area contributed by atoms with Gasteiger partial charge < -0.3 is 0 Å². The Bertz CT molecular complexity index is 790. The van der Waals surface area contributed by atoms with Gasteiger partial charge in [-0.05, 0) is 0 Å². The third-order valence-corrected chi connectivity index (χ3v) is 6.24. The summed E-state index contributed by atoms with van der Waals surface area (Å²) in [6.07, 6.45) is -0.561. The van der Waals surface area contributed by atoms with Gasteiger partial charge in [0.05, 0.1) is 0 Å². The van der Waals surface area contributed by atoms with Crippen molar-refractivity contribution in [3.8, 4) is 10.0 Å². The Kier molecular flexibility index (Phi) is 6.56. The summed E-state index contributed by atoms with van der Waals surface area (Å²) in [7, 11) is 0. The van der Waals surface area contributed by atoms with Crippen molar-refractivity contribution in [1.82, 2.24) is 0 Å². The van der Waals surface area contributed by atoms with Gasteiger partial charge in [-0.15, -0.1) is 0 Å². The molecule has 0 radical (unpaired) electrons. The number of hydrogen-bond acceptors (Lipinski definition) is 1. The minimum absolute atomic E-state index is 0.0629. The van der Waals surface area contributed by atoms with Crippen molar-refractivity contribution in [1.29, 1.82) is 0 Å². The molecule has 3 aromatic rings. The van der Waals surface area contributed by atoms with E-state index >= 15 is 0 Å². The van der Waals surface area contributed by atoms with Gasteiger partial charge in [0.2, 0.25) is 0 Å². The number of hydrogen-bond donors (Lipinski definition) is 1. The van der Waals surface area contributed by atoms with E-state index in [2.05, 4.69) is 6.07 Å². The molecule has 0 aliphatic carbocycles. The van der Waals surface area contributed by atoms with Gasteiger partial charge in [-0.1, -0.05) is 13.8 Å². The molecule has 1 nitrogen and oxygen atoms in total. The summed E-state index contributed by atoms with van der Waals surface area (Å²) < 4.78 is 15.2. The number of aliphatic hydroxyl groups excluding tert-OH is 1. The average Bonchev–Trinajstić information content (AvgIpc) is 3.09. The fraction of sp³-hybridized carbons (Fsp3) is 0.238. The first kappa shape index (κ1) is 18.7. The monoisotopic (exact) mass is 390 g/mol. The first-order valence-electron chi connectivity index (χ1n) is 8.15. The summed E-state index contributed by atoms with van der Waals surface area (Å²) in [6.45, 7) is 8.06. The number of halogens is 1. The predicted octanol–water partition coefficient (Wildman–Crippen LogP) is 5.27. The molecule has 24 heavy (non-hydrogen) atoms. The van der Waals surface area contributed by atoms with Crippen LogP contribution in [-0.2, 0) is 0 Å². The molecule has 3 rings (SSSR count). The number of rotatable bonds is 3. The molecule has 2 aromatic carbocycles. The van der Waals surface area contributed by atoms with Crippen molar-refractivity contribution < 1.29 is 9.50 Å². The van der Waals surface area contributed by atoms with Gasteiger partial charge in [-0.25, -0.2) is 0 Å². The van der Waals surface area contributed by atoms with Crippen molar-refractivity contribution in [2.45, 2.75) is 33.8 Å². The zero-order valence-electron chi connectivity index (χ0n) is 14.5. The van der Waals surface area contributed by atoms with E-state index < -0.39 is 6.10 Å². The molecule has 0 spiro atoms. The van der Waals surface area contributed by atoms with Crippen LogP contribution in [0, 0.1) is 19.7 Å². The van der Waals surface area contributed by atoms with Gasteiger partial charge in [-0.2, -0.15) is 0 Å². The second kappa shape index (κ2) is 8.43. The van der Waals surface area contributed by atoms with Gasteiger partial charge in [0.25, 0.3) is 0 Å². The van der Waals surface area contributed by atoms with Crippen LogP contribution in [0.5, 0.6) is 0 Å². The third kappa shape index (κ3) is 4.24. The first-order valence-corrected chi connectivity index (χ1v) is 9.87. The molecule has 1 aromatic heterocycles. The molecule has 0 saturated heterocycles. The fourth-order valence-electron chi connectivity index (χ4n) is 2.48. The average molecular weight is 389 g/mol. The van der Waals surface area contributed by atoms with Crippen molar-refractivity contribution in [3.63, 3.8) is 0 Å². The van der Waals surface area contributed by atoms with Crippen molar-refractivity contribution >= 4 is 14.5 Å². The summed E-state index contributed by atoms with van der Waals surface area (Å²) in [5, 5.41) is 10.7. The van der Waals surface area contributed by atoms with Gasteiger partial charge in [0.1, 0.15) is 0 Å². The third-order valence-electron chi connectivity index (χ3n) is 3.75. The van der Waals surface area contributed by atoms with E-state index in [-0.39, 0.29) is 20.3 Å². The Balaban J connectivity index is 0.00000100. The summed E-state index contributed by atoms with van der Waals surface area (Å²) in [5.41, 5.74) is 4.25. The maximum atomic E-state index is 13.0. The number of aliphatic hydroxyl groups is 1. The summed E-state index contributed by atoms with van der Waals surface area (Å²) in [4.78, 5) is 0. The standard InChI is InChI=1S/C19H17FOSe.C2H6/c1-12-3-4-13(2)16(11-12)19(21)18-10-9-17(22-18)14-5-7-15(20)8-6-14;1-2/h3-11,19,21H,1-2H3;1-2H3. The molecule has 126 valence electrons. The number of aryl methyl sites for hydroxylation is 2. The van der Waals surface area contributed by atoms with Crippen molar-refractivity contribution in [2.24, 2.45) is 0 Å². The van der Waals surface area contributed by atoms with Crippen LogP contribution in [0.25, 0.3) is 10.0 Å². The van der Waals surface area contributed by atoms with Crippen LogP contribution in [0.3, 0.4) is 0 Å². The van der Waals surface area contributed by atoms with E-state index in [1.165, 1.54) is 16.6 Å². The van der Waals surface area contributed by atoms with Crippen LogP contribution < -0.4 is 0 Å². The Hall–Kier alpha value is -1.67. The molecular weight excluding hydrogens is 366 g/mol. The second-order valence-corrected chi connectivity index (χ2v) is 7.81. The molecule has 0 amide bonds. The summed E-state index contributed by atoms with van der Waals surface area (Å²) >= 11 is 0.0629. The predicted molar refractivity (Wildman–Crippen MR) is 100 cm³/mol. The molecule has 3 heteroatoms. The van der Waals surface area contributed by atoms with Crippen LogP contribution in [0.15, 0.2) is 54.6 Å². The molecule has 0 saturated carbocycles. The van der Waals surface area contributed by atoms with Crippen molar-refractivity contribution in [3.05, 3.63) is 81.5 Å². The normalized spacial score (nSPS) is 11.6. The summed E-state index contributed by atoms with van der Waals surface area (Å²) in [6, 6.07) is 16.7. The quantitative estimate of drug-likeness (QED) is 0.605. The number of benzene rings is 2. The Morgan fingerprint density at radius 1 is 0.917 bits per heavy atom. The van der Waals surface area contributed by atoms with Crippen molar-refractivity contribution in [2.75, 3.05) is 0 Å². The van der Waals surface area contributed by atoms with Gasteiger partial charge in [0, 0.05) is 0 Å². The zero-order valence-corrected chi connectivity index (χ0v) is 16.2. The van der Waals surface area contributed by atoms with E-state index in [0.717, 1.165) is 26.7 Å². The van der Waals surface area contributed by atoms with E-state index in [4.69, 9.17) is 0 Å². The van der Waals surface area contributed by atoms with Crippen LogP contribution in [0.2, 0.25) is 0 Å². The van der Waals surface area contributed by atoms with E-state index in [9.17, 15) is 9.50 Å².